The summed E-state index contributed by atoms with van der Waals surface area (Å²) in [6, 6.07) is 15.0. The molecule has 1 aromatic carbocycles. The highest BCUT2D eigenvalue weighted by Crippen LogP contribution is 2.21. The van der Waals surface area contributed by atoms with Gasteiger partial charge in [0.1, 0.15) is 0 Å². The monoisotopic (exact) mass is 240 g/mol. The van der Waals surface area contributed by atoms with Crippen LogP contribution in [-0.4, -0.2) is 11.5 Å². The number of hydrogen-bond acceptors (Lipinski definition) is 2. The summed E-state index contributed by atoms with van der Waals surface area (Å²) in [4.78, 5) is 4.09. The van der Waals surface area contributed by atoms with E-state index in [1.54, 1.807) is 0 Å². The number of benzene rings is 1. The van der Waals surface area contributed by atoms with Gasteiger partial charge < -0.3 is 5.32 Å². The summed E-state index contributed by atoms with van der Waals surface area (Å²) in [5, 5.41) is 3.63. The average molecular weight is 240 g/mol. The fourth-order valence-electron chi connectivity index (χ4n) is 2.05. The molecule has 0 aliphatic rings. The quantitative estimate of drug-likeness (QED) is 0.781. The third-order valence-corrected chi connectivity index (χ3v) is 3.05. The molecule has 2 aromatic rings. The Bertz CT molecular complexity index is 400. The van der Waals surface area contributed by atoms with Gasteiger partial charge in [0, 0.05) is 12.4 Å². The minimum Gasteiger partial charge on any atom is -0.306 e. The summed E-state index contributed by atoms with van der Waals surface area (Å²) in [6.07, 6.45) is 6.12. The Morgan fingerprint density at radius 1 is 1.00 bits per heavy atom. The Morgan fingerprint density at radius 2 is 1.67 bits per heavy atom. The predicted octanol–water partition coefficient (Wildman–Crippen LogP) is 3.56. The van der Waals surface area contributed by atoms with Crippen LogP contribution in [0.25, 0.3) is 0 Å². The van der Waals surface area contributed by atoms with Crippen LogP contribution < -0.4 is 5.32 Å². The molecule has 0 spiro atoms. The Hall–Kier alpha value is -1.67. The van der Waals surface area contributed by atoms with Crippen LogP contribution in [0.3, 0.4) is 0 Å². The summed E-state index contributed by atoms with van der Waals surface area (Å²) >= 11 is 0. The van der Waals surface area contributed by atoms with Gasteiger partial charge in [0.2, 0.25) is 0 Å². The van der Waals surface area contributed by atoms with Crippen molar-refractivity contribution in [3.8, 4) is 0 Å². The van der Waals surface area contributed by atoms with Crippen molar-refractivity contribution < 1.29 is 0 Å². The van der Waals surface area contributed by atoms with Crippen molar-refractivity contribution in [1.82, 2.24) is 10.3 Å². The van der Waals surface area contributed by atoms with Gasteiger partial charge in [-0.05, 0) is 36.2 Å². The first-order valence-electron chi connectivity index (χ1n) is 6.60. The van der Waals surface area contributed by atoms with E-state index in [1.165, 1.54) is 24.0 Å². The maximum Gasteiger partial charge on any atom is 0.0577 e. The van der Waals surface area contributed by atoms with E-state index in [9.17, 15) is 0 Å². The topological polar surface area (TPSA) is 24.9 Å². The minimum absolute atomic E-state index is 0.265. The number of hydrogen-bond donors (Lipinski definition) is 1. The molecule has 0 fully saturated rings. The normalized spacial score (nSPS) is 12.3. The summed E-state index contributed by atoms with van der Waals surface area (Å²) < 4.78 is 0. The molecule has 0 aliphatic heterocycles. The van der Waals surface area contributed by atoms with Crippen LogP contribution >= 0.6 is 0 Å². The molecule has 1 N–H and O–H groups in total. The van der Waals surface area contributed by atoms with Crippen molar-refractivity contribution in [3.63, 3.8) is 0 Å². The van der Waals surface area contributed by atoms with Crippen LogP contribution in [0.4, 0.5) is 0 Å². The summed E-state index contributed by atoms with van der Waals surface area (Å²) in [7, 11) is 0. The first-order valence-corrected chi connectivity index (χ1v) is 6.60. The number of rotatable bonds is 6. The lowest BCUT2D eigenvalue weighted by Gasteiger charge is -2.19. The molecule has 0 aliphatic carbocycles. The first-order chi connectivity index (χ1) is 8.92. The zero-order valence-corrected chi connectivity index (χ0v) is 10.8. The molecular weight excluding hydrogens is 220 g/mol. The van der Waals surface area contributed by atoms with Gasteiger partial charge in [-0.3, -0.25) is 4.98 Å². The van der Waals surface area contributed by atoms with Crippen LogP contribution in [-0.2, 0) is 0 Å². The molecule has 1 aromatic heterocycles. The molecule has 0 bridgehead atoms. The van der Waals surface area contributed by atoms with Crippen LogP contribution in [0.15, 0.2) is 54.9 Å². The van der Waals surface area contributed by atoms with Crippen LogP contribution in [0.5, 0.6) is 0 Å². The molecule has 0 saturated heterocycles. The Labute approximate surface area is 109 Å². The highest BCUT2D eigenvalue weighted by Gasteiger charge is 2.12. The molecule has 2 heteroatoms. The van der Waals surface area contributed by atoms with Gasteiger partial charge in [-0.25, -0.2) is 0 Å². The van der Waals surface area contributed by atoms with Crippen molar-refractivity contribution in [2.75, 3.05) is 6.54 Å². The van der Waals surface area contributed by atoms with Crippen molar-refractivity contribution in [2.24, 2.45) is 0 Å². The smallest absolute Gasteiger partial charge is 0.0577 e. The van der Waals surface area contributed by atoms with Crippen LogP contribution in [0.1, 0.15) is 36.9 Å². The first kappa shape index (κ1) is 12.8. The molecule has 0 saturated carbocycles. The van der Waals surface area contributed by atoms with Crippen LogP contribution in [0, 0.1) is 0 Å². The fourth-order valence-corrected chi connectivity index (χ4v) is 2.05. The van der Waals surface area contributed by atoms with E-state index in [1.807, 2.05) is 12.4 Å². The van der Waals surface area contributed by atoms with Crippen molar-refractivity contribution in [3.05, 3.63) is 66.0 Å². The largest absolute Gasteiger partial charge is 0.306 e. The maximum atomic E-state index is 4.09. The summed E-state index contributed by atoms with van der Waals surface area (Å²) in [5.74, 6) is 0. The molecule has 18 heavy (non-hydrogen) atoms. The standard InChI is InChI=1S/C16H20N2/c1-2-3-11-18-16(14-7-5-4-6-8-14)15-9-12-17-13-10-15/h4-10,12-13,16,18H,2-3,11H2,1H3/t16-/m0/s1. The zero-order valence-electron chi connectivity index (χ0n) is 10.8. The summed E-state index contributed by atoms with van der Waals surface area (Å²) in [6.45, 7) is 3.25. The fraction of sp³-hybridized carbons (Fsp3) is 0.312. The van der Waals surface area contributed by atoms with Gasteiger partial charge in [-0.2, -0.15) is 0 Å². The second-order valence-electron chi connectivity index (χ2n) is 4.43. The van der Waals surface area contributed by atoms with Gasteiger partial charge in [-0.1, -0.05) is 43.7 Å². The number of nitrogens with zero attached hydrogens (tertiary/aromatic N) is 1. The summed E-state index contributed by atoms with van der Waals surface area (Å²) in [5.41, 5.74) is 2.58. The van der Waals surface area contributed by atoms with Gasteiger partial charge in [0.15, 0.2) is 0 Å². The third-order valence-electron chi connectivity index (χ3n) is 3.05. The molecule has 1 atom stereocenters. The number of unbranched alkanes of at least 4 members (excludes halogenated alkanes) is 1. The van der Waals surface area contributed by atoms with Gasteiger partial charge >= 0.3 is 0 Å². The SMILES string of the molecule is CCCCN[C@@H](c1ccccc1)c1ccncc1. The van der Waals surface area contributed by atoms with Gasteiger partial charge in [0.25, 0.3) is 0 Å². The predicted molar refractivity (Wildman–Crippen MR) is 75.4 cm³/mol. The van der Waals surface area contributed by atoms with Crippen LogP contribution in [0.2, 0.25) is 0 Å². The number of aromatic nitrogens is 1. The highest BCUT2D eigenvalue weighted by molar-refractivity contribution is 5.30. The second-order valence-corrected chi connectivity index (χ2v) is 4.43. The molecule has 0 unspecified atom stereocenters. The second kappa shape index (κ2) is 6.92. The molecule has 2 rings (SSSR count). The number of pyridine rings is 1. The van der Waals surface area contributed by atoms with Gasteiger partial charge in [0.05, 0.1) is 6.04 Å². The number of nitrogens with one attached hydrogen (secondary N) is 1. The van der Waals surface area contributed by atoms with E-state index >= 15 is 0 Å². The average Bonchev–Trinajstić information content (AvgIpc) is 2.46. The molecule has 1 heterocycles. The Balaban J connectivity index is 2.18. The van der Waals surface area contributed by atoms with E-state index in [2.05, 4.69) is 59.7 Å². The molecule has 0 amide bonds. The lowest BCUT2D eigenvalue weighted by Crippen LogP contribution is -2.23. The maximum absolute atomic E-state index is 4.09. The van der Waals surface area contributed by atoms with E-state index < -0.39 is 0 Å². The molecule has 0 radical (unpaired) electrons. The molecular formula is C16H20N2. The molecule has 2 nitrogen and oxygen atoms in total. The molecule has 94 valence electrons. The Kier molecular flexibility index (Phi) is 4.91. The van der Waals surface area contributed by atoms with Crippen molar-refractivity contribution >= 4 is 0 Å². The highest BCUT2D eigenvalue weighted by atomic mass is 14.9. The third kappa shape index (κ3) is 3.41. The van der Waals surface area contributed by atoms with E-state index in [0.29, 0.717) is 0 Å². The lowest BCUT2D eigenvalue weighted by atomic mass is 9.99. The van der Waals surface area contributed by atoms with E-state index in [-0.39, 0.29) is 6.04 Å². The lowest BCUT2D eigenvalue weighted by molar-refractivity contribution is 0.578. The van der Waals surface area contributed by atoms with Crippen molar-refractivity contribution in [2.45, 2.75) is 25.8 Å². The van der Waals surface area contributed by atoms with Gasteiger partial charge in [-0.15, -0.1) is 0 Å². The van der Waals surface area contributed by atoms with Crippen molar-refractivity contribution in [1.29, 1.82) is 0 Å². The minimum atomic E-state index is 0.265. The Morgan fingerprint density at radius 3 is 2.33 bits per heavy atom. The van der Waals surface area contributed by atoms with E-state index in [4.69, 9.17) is 0 Å². The zero-order chi connectivity index (χ0) is 12.6. The van der Waals surface area contributed by atoms with E-state index in [0.717, 1.165) is 6.54 Å².